The lowest BCUT2D eigenvalue weighted by atomic mass is 9.68. The minimum atomic E-state index is 0.584. The lowest BCUT2D eigenvalue weighted by molar-refractivity contribution is 0.173. The summed E-state index contributed by atoms with van der Waals surface area (Å²) in [6.07, 6.45) is 7.76. The number of rotatable bonds is 4. The molecule has 0 radical (unpaired) electrons. The van der Waals surface area contributed by atoms with Crippen LogP contribution in [-0.2, 0) is 0 Å². The number of hydrogen-bond acceptors (Lipinski definition) is 1. The van der Waals surface area contributed by atoms with Crippen LogP contribution < -0.4 is 4.90 Å². The van der Waals surface area contributed by atoms with Gasteiger partial charge in [-0.15, -0.1) is 0 Å². The van der Waals surface area contributed by atoms with Crippen LogP contribution in [0.4, 0.5) is 5.69 Å². The number of allylic oxidation sites excluding steroid dienone is 2. The summed E-state index contributed by atoms with van der Waals surface area (Å²) >= 11 is 8.09. The highest BCUT2D eigenvalue weighted by Gasteiger charge is 2.55. The molecule has 0 bridgehead atoms. The molecule has 0 saturated heterocycles. The van der Waals surface area contributed by atoms with Gasteiger partial charge in [-0.1, -0.05) is 80.8 Å². The van der Waals surface area contributed by atoms with E-state index in [1.165, 1.54) is 58.2 Å². The van der Waals surface area contributed by atoms with Gasteiger partial charge in [0.05, 0.1) is 0 Å². The van der Waals surface area contributed by atoms with Crippen molar-refractivity contribution in [3.8, 4) is 0 Å². The molecule has 2 fully saturated rings. The van der Waals surface area contributed by atoms with Gasteiger partial charge in [0.25, 0.3) is 0 Å². The molecule has 0 amide bonds. The Morgan fingerprint density at radius 2 is 1.69 bits per heavy atom. The minimum Gasteiger partial charge on any atom is -0.342 e. The summed E-state index contributed by atoms with van der Waals surface area (Å²) in [4.78, 5) is 3.27. The topological polar surface area (TPSA) is 3.24 Å². The van der Waals surface area contributed by atoms with E-state index < -0.39 is 0 Å². The Morgan fingerprint density at radius 3 is 2.46 bits per heavy atom. The third-order valence-corrected chi connectivity index (χ3v) is 12.1. The predicted molar refractivity (Wildman–Crippen MR) is 156 cm³/mol. The molecule has 2 saturated carbocycles. The maximum atomic E-state index is 4.31. The molecule has 8 unspecified atom stereocenters. The standard InChI is InChI=1S/C32H37Br2N/c1-18-15-27-25(11-8-12-29(27)33)23(18)13-14-24-19(2)16-28-26(24)17-30-31(32(28)34)20(3)21(4)35(30)22-9-6-5-7-10-22/h5-12,15,19,23-24,26,28,30-32H,13-14,16-17H2,1-4H3. The summed E-state index contributed by atoms with van der Waals surface area (Å²) in [6, 6.07) is 18.4. The van der Waals surface area contributed by atoms with Gasteiger partial charge in [-0.3, -0.25) is 0 Å². The zero-order valence-electron chi connectivity index (χ0n) is 21.3. The quantitative estimate of drug-likeness (QED) is 0.318. The van der Waals surface area contributed by atoms with Crippen LogP contribution in [0.5, 0.6) is 0 Å². The Morgan fingerprint density at radius 1 is 0.914 bits per heavy atom. The molecule has 0 N–H and O–H groups in total. The highest BCUT2D eigenvalue weighted by atomic mass is 79.9. The van der Waals surface area contributed by atoms with Crippen molar-refractivity contribution in [3.05, 3.63) is 81.0 Å². The van der Waals surface area contributed by atoms with Crippen molar-refractivity contribution >= 4 is 43.6 Å². The number of nitrogens with zero attached hydrogens (tertiary/aromatic N) is 1. The summed E-state index contributed by atoms with van der Waals surface area (Å²) in [7, 11) is 0. The molecule has 8 atom stereocenters. The van der Waals surface area contributed by atoms with Gasteiger partial charge in [-0.05, 0) is 105 Å². The van der Waals surface area contributed by atoms with E-state index in [0.29, 0.717) is 22.7 Å². The predicted octanol–water partition coefficient (Wildman–Crippen LogP) is 9.58. The molecule has 3 aliphatic carbocycles. The van der Waals surface area contributed by atoms with E-state index in [1.807, 2.05) is 0 Å². The molecule has 184 valence electrons. The SMILES string of the molecule is CC1=Cc2c(Br)cccc2C1CCC1C(C)CC2C(Br)C3C(C)=C(C)N(c4ccccc4)C3CC12. The summed E-state index contributed by atoms with van der Waals surface area (Å²) in [6.45, 7) is 9.63. The van der Waals surface area contributed by atoms with Crippen LogP contribution in [-0.4, -0.2) is 10.9 Å². The number of alkyl halides is 1. The first-order valence-corrected chi connectivity index (χ1v) is 15.2. The van der Waals surface area contributed by atoms with Crippen molar-refractivity contribution in [1.29, 1.82) is 0 Å². The monoisotopic (exact) mass is 593 g/mol. The fourth-order valence-corrected chi connectivity index (χ4v) is 10.3. The Bertz CT molecular complexity index is 1180. The van der Waals surface area contributed by atoms with E-state index in [-0.39, 0.29) is 0 Å². The second-order valence-electron chi connectivity index (χ2n) is 11.7. The van der Waals surface area contributed by atoms with Gasteiger partial charge < -0.3 is 4.90 Å². The van der Waals surface area contributed by atoms with Gasteiger partial charge in [-0.25, -0.2) is 0 Å². The molecule has 4 aliphatic rings. The van der Waals surface area contributed by atoms with E-state index in [9.17, 15) is 0 Å². The Hall–Kier alpha value is -1.32. The highest BCUT2D eigenvalue weighted by molar-refractivity contribution is 9.10. The molecular formula is C32H37Br2N. The normalized spacial score (nSPS) is 35.7. The number of benzene rings is 2. The van der Waals surface area contributed by atoms with E-state index in [4.69, 9.17) is 0 Å². The van der Waals surface area contributed by atoms with Gasteiger partial charge in [-0.2, -0.15) is 0 Å². The molecule has 6 rings (SSSR count). The van der Waals surface area contributed by atoms with Crippen LogP contribution in [0.15, 0.2) is 69.8 Å². The molecular weight excluding hydrogens is 558 g/mol. The lowest BCUT2D eigenvalue weighted by Gasteiger charge is -2.45. The van der Waals surface area contributed by atoms with Crippen molar-refractivity contribution in [3.63, 3.8) is 0 Å². The molecule has 3 heteroatoms. The average molecular weight is 595 g/mol. The summed E-state index contributed by atoms with van der Waals surface area (Å²) in [5, 5.41) is 0. The molecule has 35 heavy (non-hydrogen) atoms. The van der Waals surface area contributed by atoms with Crippen LogP contribution in [0.2, 0.25) is 0 Å². The highest BCUT2D eigenvalue weighted by Crippen LogP contribution is 2.59. The second-order valence-corrected chi connectivity index (χ2v) is 13.6. The first kappa shape index (κ1) is 24.0. The van der Waals surface area contributed by atoms with Crippen LogP contribution in [0.25, 0.3) is 6.08 Å². The number of para-hydroxylation sites is 1. The van der Waals surface area contributed by atoms with Crippen molar-refractivity contribution in [2.75, 3.05) is 4.90 Å². The Kier molecular flexibility index (Phi) is 6.33. The van der Waals surface area contributed by atoms with E-state index in [0.717, 1.165) is 23.7 Å². The zero-order valence-corrected chi connectivity index (χ0v) is 24.5. The maximum absolute atomic E-state index is 4.31. The molecule has 1 aliphatic heterocycles. The minimum absolute atomic E-state index is 0.584. The smallest absolute Gasteiger partial charge is 0.0418 e. The van der Waals surface area contributed by atoms with Crippen LogP contribution in [0.1, 0.15) is 70.4 Å². The average Bonchev–Trinajstić information content (AvgIpc) is 3.43. The zero-order chi connectivity index (χ0) is 24.4. The number of anilines is 1. The number of fused-ring (bicyclic) bond motifs is 3. The summed E-state index contributed by atoms with van der Waals surface area (Å²) in [5.74, 6) is 4.47. The van der Waals surface area contributed by atoms with Crippen LogP contribution >= 0.6 is 31.9 Å². The Balaban J connectivity index is 1.25. The van der Waals surface area contributed by atoms with Gasteiger partial charge in [0.2, 0.25) is 0 Å². The molecule has 1 heterocycles. The van der Waals surface area contributed by atoms with Crippen LogP contribution in [0, 0.1) is 29.6 Å². The van der Waals surface area contributed by atoms with Gasteiger partial charge >= 0.3 is 0 Å². The van der Waals surface area contributed by atoms with Crippen LogP contribution in [0.3, 0.4) is 0 Å². The molecule has 2 aromatic rings. The van der Waals surface area contributed by atoms with Gasteiger partial charge in [0.1, 0.15) is 0 Å². The van der Waals surface area contributed by atoms with Crippen molar-refractivity contribution in [2.45, 2.75) is 70.2 Å². The molecule has 2 aromatic carbocycles. The van der Waals surface area contributed by atoms with E-state index >= 15 is 0 Å². The first-order valence-electron chi connectivity index (χ1n) is 13.5. The molecule has 0 aromatic heterocycles. The maximum Gasteiger partial charge on any atom is 0.0418 e. The third kappa shape index (κ3) is 3.82. The molecule has 0 spiro atoms. The summed E-state index contributed by atoms with van der Waals surface area (Å²) < 4.78 is 1.24. The van der Waals surface area contributed by atoms with E-state index in [2.05, 4.69) is 119 Å². The van der Waals surface area contributed by atoms with Crippen molar-refractivity contribution < 1.29 is 0 Å². The second kappa shape index (κ2) is 9.21. The number of hydrogen-bond donors (Lipinski definition) is 0. The van der Waals surface area contributed by atoms with Crippen molar-refractivity contribution in [1.82, 2.24) is 0 Å². The van der Waals surface area contributed by atoms with Gasteiger partial charge in [0, 0.05) is 38.6 Å². The van der Waals surface area contributed by atoms with Gasteiger partial charge in [0.15, 0.2) is 0 Å². The number of halogens is 2. The first-order chi connectivity index (χ1) is 16.9. The lowest BCUT2D eigenvalue weighted by Crippen LogP contribution is -2.47. The fourth-order valence-electron chi connectivity index (χ4n) is 8.41. The molecule has 1 nitrogen and oxygen atoms in total. The third-order valence-electron chi connectivity index (χ3n) is 10.1. The fraction of sp³-hybridized carbons (Fsp3) is 0.500. The van der Waals surface area contributed by atoms with E-state index in [1.54, 1.807) is 5.57 Å². The largest absolute Gasteiger partial charge is 0.342 e. The Labute approximate surface area is 228 Å². The van der Waals surface area contributed by atoms with Crippen molar-refractivity contribution in [2.24, 2.45) is 29.6 Å². The summed E-state index contributed by atoms with van der Waals surface area (Å²) in [5.41, 5.74) is 8.93.